The SMILES string of the molecule is Cc1ccc(N/C(N)=N/c2nc(C)c(C)c(=O)[nH]2)cc1C. The molecule has 21 heavy (non-hydrogen) atoms. The van der Waals surface area contributed by atoms with E-state index in [4.69, 9.17) is 5.73 Å². The molecular weight excluding hydrogens is 266 g/mol. The molecule has 0 bridgehead atoms. The van der Waals surface area contributed by atoms with E-state index in [1.165, 1.54) is 5.56 Å². The number of aryl methyl sites for hydroxylation is 3. The van der Waals surface area contributed by atoms with E-state index in [9.17, 15) is 4.79 Å². The number of hydrogen-bond donors (Lipinski definition) is 3. The van der Waals surface area contributed by atoms with Gasteiger partial charge in [0.05, 0.1) is 0 Å². The van der Waals surface area contributed by atoms with Gasteiger partial charge >= 0.3 is 0 Å². The fourth-order valence-corrected chi connectivity index (χ4v) is 1.79. The number of rotatable bonds is 2. The summed E-state index contributed by atoms with van der Waals surface area (Å²) in [5.74, 6) is 0.363. The van der Waals surface area contributed by atoms with Gasteiger partial charge in [-0.15, -0.1) is 0 Å². The molecule has 2 aromatic rings. The molecule has 0 unspecified atom stereocenters. The Morgan fingerprint density at radius 2 is 1.95 bits per heavy atom. The van der Waals surface area contributed by atoms with E-state index in [0.717, 1.165) is 11.3 Å². The third kappa shape index (κ3) is 3.47. The Balaban J connectivity index is 2.25. The lowest BCUT2D eigenvalue weighted by Crippen LogP contribution is -2.23. The number of nitrogens with zero attached hydrogens (tertiary/aromatic N) is 2. The van der Waals surface area contributed by atoms with Crippen molar-refractivity contribution in [3.05, 3.63) is 50.9 Å². The minimum Gasteiger partial charge on any atom is -0.369 e. The highest BCUT2D eigenvalue weighted by atomic mass is 16.1. The first kappa shape index (κ1) is 14.8. The van der Waals surface area contributed by atoms with Crippen molar-refractivity contribution in [1.82, 2.24) is 9.97 Å². The number of aromatic amines is 1. The maximum absolute atomic E-state index is 11.7. The Kier molecular flexibility index (Phi) is 4.07. The molecule has 0 spiro atoms. The van der Waals surface area contributed by atoms with Gasteiger partial charge in [0.1, 0.15) is 0 Å². The van der Waals surface area contributed by atoms with Crippen molar-refractivity contribution in [2.75, 3.05) is 5.32 Å². The summed E-state index contributed by atoms with van der Waals surface area (Å²) in [6.45, 7) is 7.54. The van der Waals surface area contributed by atoms with Crippen LogP contribution in [0.4, 0.5) is 11.6 Å². The van der Waals surface area contributed by atoms with E-state index in [1.54, 1.807) is 13.8 Å². The number of guanidine groups is 1. The van der Waals surface area contributed by atoms with Gasteiger partial charge in [-0.05, 0) is 51.0 Å². The molecule has 6 nitrogen and oxygen atoms in total. The van der Waals surface area contributed by atoms with E-state index in [-0.39, 0.29) is 17.5 Å². The zero-order valence-corrected chi connectivity index (χ0v) is 12.6. The number of nitrogens with one attached hydrogen (secondary N) is 2. The van der Waals surface area contributed by atoms with Crippen LogP contribution >= 0.6 is 0 Å². The van der Waals surface area contributed by atoms with Crippen LogP contribution in [0.25, 0.3) is 0 Å². The summed E-state index contributed by atoms with van der Waals surface area (Å²) >= 11 is 0. The molecule has 0 saturated heterocycles. The molecule has 0 radical (unpaired) electrons. The zero-order chi connectivity index (χ0) is 15.6. The van der Waals surface area contributed by atoms with E-state index in [1.807, 2.05) is 32.0 Å². The number of aromatic nitrogens is 2. The van der Waals surface area contributed by atoms with E-state index < -0.39 is 0 Å². The molecule has 0 aliphatic rings. The molecule has 0 fully saturated rings. The van der Waals surface area contributed by atoms with Crippen LogP contribution in [0.15, 0.2) is 28.0 Å². The molecule has 110 valence electrons. The molecule has 1 aromatic heterocycles. The first-order valence-electron chi connectivity index (χ1n) is 6.63. The maximum atomic E-state index is 11.7. The lowest BCUT2D eigenvalue weighted by atomic mass is 10.1. The molecule has 1 aromatic carbocycles. The molecule has 2 rings (SSSR count). The fourth-order valence-electron chi connectivity index (χ4n) is 1.79. The van der Waals surface area contributed by atoms with Crippen LogP contribution in [0.2, 0.25) is 0 Å². The highest BCUT2D eigenvalue weighted by molar-refractivity contribution is 5.93. The quantitative estimate of drug-likeness (QED) is 0.581. The van der Waals surface area contributed by atoms with Crippen molar-refractivity contribution in [3.63, 3.8) is 0 Å². The molecule has 0 aliphatic carbocycles. The largest absolute Gasteiger partial charge is 0.369 e. The normalized spacial score (nSPS) is 11.5. The molecule has 4 N–H and O–H groups in total. The van der Waals surface area contributed by atoms with Gasteiger partial charge in [-0.1, -0.05) is 6.07 Å². The Morgan fingerprint density at radius 1 is 1.24 bits per heavy atom. The molecule has 0 amide bonds. The fraction of sp³-hybridized carbons (Fsp3) is 0.267. The average Bonchev–Trinajstić information content (AvgIpc) is 2.40. The predicted molar refractivity (Wildman–Crippen MR) is 85.2 cm³/mol. The van der Waals surface area contributed by atoms with E-state index >= 15 is 0 Å². The van der Waals surface area contributed by atoms with E-state index in [2.05, 4.69) is 20.3 Å². The second kappa shape index (κ2) is 5.78. The lowest BCUT2D eigenvalue weighted by Gasteiger charge is -2.08. The summed E-state index contributed by atoms with van der Waals surface area (Å²) in [6.07, 6.45) is 0. The van der Waals surface area contributed by atoms with Crippen LogP contribution < -0.4 is 16.6 Å². The number of H-pyrrole nitrogens is 1. The first-order chi connectivity index (χ1) is 9.86. The van der Waals surface area contributed by atoms with Crippen LogP contribution in [-0.4, -0.2) is 15.9 Å². The molecule has 0 aliphatic heterocycles. The standard InChI is InChI=1S/C15H19N5O/c1-8-5-6-12(7-9(8)2)18-14(16)20-15-17-11(4)10(3)13(21)19-15/h5-7H,1-4H3,(H4,16,17,18,19,20,21). The van der Waals surface area contributed by atoms with Crippen LogP contribution in [0.3, 0.4) is 0 Å². The van der Waals surface area contributed by atoms with E-state index in [0.29, 0.717) is 11.3 Å². The smallest absolute Gasteiger partial charge is 0.255 e. The zero-order valence-electron chi connectivity index (χ0n) is 12.6. The van der Waals surface area contributed by atoms with Crippen LogP contribution in [-0.2, 0) is 0 Å². The van der Waals surface area contributed by atoms with Crippen molar-refractivity contribution in [2.24, 2.45) is 10.7 Å². The van der Waals surface area contributed by atoms with Gasteiger partial charge in [0.25, 0.3) is 5.56 Å². The van der Waals surface area contributed by atoms with Crippen molar-refractivity contribution in [2.45, 2.75) is 27.7 Å². The minimum atomic E-state index is -0.208. The Morgan fingerprint density at radius 3 is 2.57 bits per heavy atom. The predicted octanol–water partition coefficient (Wildman–Crippen LogP) is 2.06. The number of nitrogens with two attached hydrogens (primary N) is 1. The van der Waals surface area contributed by atoms with Gasteiger partial charge in [0.15, 0.2) is 0 Å². The summed E-state index contributed by atoms with van der Waals surface area (Å²) in [5, 5.41) is 2.98. The van der Waals surface area contributed by atoms with Gasteiger partial charge < -0.3 is 11.1 Å². The second-order valence-electron chi connectivity index (χ2n) is 5.02. The molecule has 0 atom stereocenters. The summed E-state index contributed by atoms with van der Waals surface area (Å²) in [6, 6.07) is 5.90. The maximum Gasteiger partial charge on any atom is 0.255 e. The second-order valence-corrected chi connectivity index (χ2v) is 5.02. The number of hydrogen-bond acceptors (Lipinski definition) is 3. The van der Waals surface area contributed by atoms with Crippen LogP contribution in [0.5, 0.6) is 0 Å². The van der Waals surface area contributed by atoms with Crippen LogP contribution in [0, 0.1) is 27.7 Å². The molecule has 1 heterocycles. The van der Waals surface area contributed by atoms with Crippen molar-refractivity contribution < 1.29 is 0 Å². The molecular formula is C15H19N5O. The number of anilines is 1. The van der Waals surface area contributed by atoms with Crippen LogP contribution in [0.1, 0.15) is 22.4 Å². The minimum absolute atomic E-state index is 0.171. The highest BCUT2D eigenvalue weighted by Gasteiger charge is 2.04. The summed E-state index contributed by atoms with van der Waals surface area (Å²) < 4.78 is 0. The topological polar surface area (TPSA) is 96.2 Å². The van der Waals surface area contributed by atoms with Gasteiger partial charge in [-0.3, -0.25) is 9.78 Å². The monoisotopic (exact) mass is 285 g/mol. The van der Waals surface area contributed by atoms with Gasteiger partial charge in [0, 0.05) is 16.9 Å². The third-order valence-electron chi connectivity index (χ3n) is 3.39. The van der Waals surface area contributed by atoms with Gasteiger partial charge in [-0.2, -0.15) is 4.99 Å². The lowest BCUT2D eigenvalue weighted by molar-refractivity contribution is 1.01. The number of benzene rings is 1. The number of aliphatic imine (C=N–C) groups is 1. The molecule has 6 heteroatoms. The summed E-state index contributed by atoms with van der Waals surface area (Å²) in [7, 11) is 0. The summed E-state index contributed by atoms with van der Waals surface area (Å²) in [4.78, 5) is 22.5. The van der Waals surface area contributed by atoms with Crippen molar-refractivity contribution >= 4 is 17.6 Å². The Bertz CT molecular complexity index is 761. The molecule has 0 saturated carbocycles. The highest BCUT2D eigenvalue weighted by Crippen LogP contribution is 2.14. The third-order valence-corrected chi connectivity index (χ3v) is 3.39. The Hall–Kier alpha value is -2.63. The summed E-state index contributed by atoms with van der Waals surface area (Å²) in [5.41, 5.74) is 10.0. The average molecular weight is 285 g/mol. The van der Waals surface area contributed by atoms with Crippen molar-refractivity contribution in [1.29, 1.82) is 0 Å². The van der Waals surface area contributed by atoms with Gasteiger partial charge in [0.2, 0.25) is 11.9 Å². The first-order valence-corrected chi connectivity index (χ1v) is 6.63. The Labute approximate surface area is 123 Å². The van der Waals surface area contributed by atoms with Gasteiger partial charge in [-0.25, -0.2) is 4.98 Å². The van der Waals surface area contributed by atoms with Crippen molar-refractivity contribution in [3.8, 4) is 0 Å².